The molecule has 9 heteroatoms. The summed E-state index contributed by atoms with van der Waals surface area (Å²) in [6.45, 7) is 14.3. The number of unbranched alkanes of at least 4 members (excludes halogenated alkanes) is 2. The third-order valence-electron chi connectivity index (χ3n) is 7.29. The average Bonchev–Trinajstić information content (AvgIpc) is 3.38. The van der Waals surface area contributed by atoms with Crippen LogP contribution in [0, 0.1) is 11.8 Å². The number of nitrogens with zero attached hydrogens (tertiary/aromatic N) is 2. The third kappa shape index (κ3) is 5.23. The first-order valence-electron chi connectivity index (χ1n) is 12.5. The van der Waals surface area contributed by atoms with E-state index in [1.54, 1.807) is 27.6 Å². The highest BCUT2D eigenvalue weighted by atomic mass is 79.9. The number of carbonyl (C=O) groups is 3. The molecule has 3 saturated heterocycles. The molecule has 0 aliphatic carbocycles. The van der Waals surface area contributed by atoms with Gasteiger partial charge < -0.3 is 19.6 Å². The zero-order valence-corrected chi connectivity index (χ0v) is 23.5. The fraction of sp³-hybridized carbons (Fsp3) is 0.731. The average molecular weight is 572 g/mol. The van der Waals surface area contributed by atoms with Crippen LogP contribution in [-0.4, -0.2) is 85.4 Å². The summed E-state index contributed by atoms with van der Waals surface area (Å²) >= 11 is 5.37. The SMILES string of the molecule is C=CCCCCOC(=O)[C@H]1[C@@H]2SC3(CC2Br)C(C(=O)N(CC=C)C(C)(C)C)N(CCCO)C(=O)[C@H]13. The summed E-state index contributed by atoms with van der Waals surface area (Å²) in [5, 5.41) is 9.37. The van der Waals surface area contributed by atoms with Crippen molar-refractivity contribution < 1.29 is 24.2 Å². The molecule has 3 unspecified atom stereocenters. The maximum Gasteiger partial charge on any atom is 0.310 e. The number of thioether (sulfide) groups is 1. The van der Waals surface area contributed by atoms with E-state index >= 15 is 0 Å². The minimum absolute atomic E-state index is 0.00505. The van der Waals surface area contributed by atoms with Gasteiger partial charge in [0.05, 0.1) is 23.2 Å². The molecule has 35 heavy (non-hydrogen) atoms. The lowest BCUT2D eigenvalue weighted by Crippen LogP contribution is -2.59. The maximum atomic E-state index is 14.2. The highest BCUT2D eigenvalue weighted by Gasteiger charge is 2.76. The van der Waals surface area contributed by atoms with Crippen molar-refractivity contribution in [3.05, 3.63) is 25.3 Å². The Labute approximate surface area is 221 Å². The van der Waals surface area contributed by atoms with Gasteiger partial charge in [-0.15, -0.1) is 24.9 Å². The first-order chi connectivity index (χ1) is 16.5. The number of amides is 2. The summed E-state index contributed by atoms with van der Waals surface area (Å²) in [6.07, 6.45) is 7.05. The Morgan fingerprint density at radius 1 is 1.29 bits per heavy atom. The van der Waals surface area contributed by atoms with Gasteiger partial charge in [0.2, 0.25) is 11.8 Å². The molecule has 2 bridgehead atoms. The molecule has 2 amide bonds. The quantitative estimate of drug-likeness (QED) is 0.167. The molecule has 6 atom stereocenters. The van der Waals surface area contributed by atoms with Crippen molar-refractivity contribution in [2.45, 2.75) is 79.3 Å². The lowest BCUT2D eigenvalue weighted by atomic mass is 9.71. The molecule has 1 spiro atoms. The van der Waals surface area contributed by atoms with Crippen LogP contribution in [0.2, 0.25) is 0 Å². The minimum atomic E-state index is -0.709. The summed E-state index contributed by atoms with van der Waals surface area (Å²) in [7, 11) is 0. The molecule has 1 N–H and O–H groups in total. The third-order valence-corrected chi connectivity index (χ3v) is 10.5. The molecule has 0 radical (unpaired) electrons. The summed E-state index contributed by atoms with van der Waals surface area (Å²) in [5.41, 5.74) is -0.468. The normalized spacial score (nSPS) is 31.4. The van der Waals surface area contributed by atoms with Gasteiger partial charge in [0.15, 0.2) is 0 Å². The smallest absolute Gasteiger partial charge is 0.310 e. The number of ether oxygens (including phenoxy) is 1. The van der Waals surface area contributed by atoms with Crippen LogP contribution in [0.25, 0.3) is 0 Å². The zero-order chi connectivity index (χ0) is 26.0. The Morgan fingerprint density at radius 3 is 2.60 bits per heavy atom. The Bertz CT molecular complexity index is 846. The topological polar surface area (TPSA) is 87.2 Å². The van der Waals surface area contributed by atoms with Gasteiger partial charge in [-0.25, -0.2) is 0 Å². The van der Waals surface area contributed by atoms with Crippen LogP contribution in [0.3, 0.4) is 0 Å². The van der Waals surface area contributed by atoms with Gasteiger partial charge in [0, 0.05) is 35.3 Å². The number of carbonyl (C=O) groups excluding carboxylic acids is 3. The van der Waals surface area contributed by atoms with Crippen LogP contribution in [0.15, 0.2) is 25.3 Å². The van der Waals surface area contributed by atoms with E-state index < -0.39 is 28.2 Å². The molecule has 3 aliphatic rings. The van der Waals surface area contributed by atoms with Gasteiger partial charge in [-0.05, 0) is 52.9 Å². The Kier molecular flexibility index (Phi) is 9.19. The van der Waals surface area contributed by atoms with Gasteiger partial charge in [0.1, 0.15) is 6.04 Å². The number of rotatable bonds is 12. The fourth-order valence-corrected chi connectivity index (χ4v) is 9.39. The summed E-state index contributed by atoms with van der Waals surface area (Å²) in [5.74, 6) is -1.85. The molecule has 0 aromatic heterocycles. The van der Waals surface area contributed by atoms with E-state index in [2.05, 4.69) is 29.1 Å². The van der Waals surface area contributed by atoms with Crippen molar-refractivity contribution in [3.63, 3.8) is 0 Å². The molecule has 7 nitrogen and oxygen atoms in total. The number of likely N-dealkylation sites (tertiary alicyclic amines) is 1. The second-order valence-corrected chi connectivity index (χ2v) is 13.3. The minimum Gasteiger partial charge on any atom is -0.465 e. The number of aliphatic hydroxyl groups excluding tert-OH is 1. The Hall–Kier alpha value is -1.32. The van der Waals surface area contributed by atoms with Gasteiger partial charge >= 0.3 is 5.97 Å². The van der Waals surface area contributed by atoms with Gasteiger partial charge in [0.25, 0.3) is 0 Å². The van der Waals surface area contributed by atoms with Gasteiger partial charge in [-0.1, -0.05) is 28.1 Å². The molecule has 3 fully saturated rings. The lowest BCUT2D eigenvalue weighted by molar-refractivity contribution is -0.154. The Morgan fingerprint density at radius 2 is 2.00 bits per heavy atom. The van der Waals surface area contributed by atoms with Crippen LogP contribution in [0.5, 0.6) is 0 Å². The number of allylic oxidation sites excluding steroid dienone is 1. The first kappa shape index (κ1) is 28.3. The van der Waals surface area contributed by atoms with Crippen LogP contribution in [0.4, 0.5) is 0 Å². The van der Waals surface area contributed by atoms with Gasteiger partial charge in [-0.2, -0.15) is 0 Å². The van der Waals surface area contributed by atoms with E-state index in [1.165, 1.54) is 0 Å². The number of hydrogen-bond acceptors (Lipinski definition) is 6. The summed E-state index contributed by atoms with van der Waals surface area (Å²) in [4.78, 5) is 44.7. The van der Waals surface area contributed by atoms with E-state index in [1.807, 2.05) is 26.8 Å². The molecule has 0 saturated carbocycles. The number of halogens is 1. The number of alkyl halides is 1. The first-order valence-corrected chi connectivity index (χ1v) is 14.3. The molecular weight excluding hydrogens is 532 g/mol. The van der Waals surface area contributed by atoms with E-state index in [0.717, 1.165) is 19.3 Å². The second-order valence-electron chi connectivity index (χ2n) is 10.6. The van der Waals surface area contributed by atoms with Gasteiger partial charge in [-0.3, -0.25) is 14.4 Å². The van der Waals surface area contributed by atoms with Crippen molar-refractivity contribution in [1.82, 2.24) is 9.80 Å². The van der Waals surface area contributed by atoms with Crippen LogP contribution in [0.1, 0.15) is 52.9 Å². The summed E-state index contributed by atoms with van der Waals surface area (Å²) < 4.78 is 4.94. The number of hydrogen-bond donors (Lipinski definition) is 1. The standard InChI is InChI=1S/C26H39BrN2O5S/c1-6-8-9-10-15-34-24(33)18-19-22(31)28(13-11-14-30)21(26(19)16-17(27)20(18)35-26)23(32)29(12-7-2)25(3,4)5/h6-7,17-21,30H,1-2,8-16H2,3-5H3/t17?,18-,19+,20-,21?,26?/m1/s1. The largest absolute Gasteiger partial charge is 0.465 e. The van der Waals surface area contributed by atoms with Crippen molar-refractivity contribution in [3.8, 4) is 0 Å². The highest BCUT2D eigenvalue weighted by molar-refractivity contribution is 9.09. The molecule has 0 aromatic rings. The highest BCUT2D eigenvalue weighted by Crippen LogP contribution is 2.68. The van der Waals surface area contributed by atoms with Crippen LogP contribution in [-0.2, 0) is 19.1 Å². The van der Waals surface area contributed by atoms with E-state index in [-0.39, 0.29) is 41.0 Å². The lowest BCUT2D eigenvalue weighted by Gasteiger charge is -2.42. The van der Waals surface area contributed by atoms with E-state index in [9.17, 15) is 19.5 Å². The van der Waals surface area contributed by atoms with Crippen molar-refractivity contribution in [1.29, 1.82) is 0 Å². The molecule has 3 rings (SSSR count). The predicted molar refractivity (Wildman–Crippen MR) is 142 cm³/mol. The number of aliphatic hydroxyl groups is 1. The van der Waals surface area contributed by atoms with E-state index in [4.69, 9.17) is 4.74 Å². The van der Waals surface area contributed by atoms with Crippen molar-refractivity contribution >= 4 is 45.5 Å². The summed E-state index contributed by atoms with van der Waals surface area (Å²) in [6, 6.07) is -0.703. The Balaban J connectivity index is 1.95. The predicted octanol–water partition coefficient (Wildman–Crippen LogP) is 3.55. The maximum absolute atomic E-state index is 14.2. The number of fused-ring (bicyclic) bond motifs is 1. The molecular formula is C26H39BrN2O5S. The molecule has 196 valence electrons. The molecule has 3 heterocycles. The fourth-order valence-electron chi connectivity index (χ4n) is 5.79. The van der Waals surface area contributed by atoms with E-state index in [0.29, 0.717) is 26.0 Å². The van der Waals surface area contributed by atoms with Crippen LogP contribution >= 0.6 is 27.7 Å². The van der Waals surface area contributed by atoms with Crippen molar-refractivity contribution in [2.75, 3.05) is 26.3 Å². The zero-order valence-electron chi connectivity index (χ0n) is 21.1. The molecule has 3 aliphatic heterocycles. The number of esters is 1. The second kappa shape index (κ2) is 11.4. The van der Waals surface area contributed by atoms with Crippen LogP contribution < -0.4 is 0 Å². The van der Waals surface area contributed by atoms with Crippen molar-refractivity contribution in [2.24, 2.45) is 11.8 Å². The monoisotopic (exact) mass is 570 g/mol. The molecule has 0 aromatic carbocycles.